The Kier molecular flexibility index (Phi) is 5.20. The van der Waals surface area contributed by atoms with Gasteiger partial charge in [-0.3, -0.25) is 0 Å². The lowest BCUT2D eigenvalue weighted by Gasteiger charge is -2.39. The predicted octanol–water partition coefficient (Wildman–Crippen LogP) is 5.43. The largest absolute Gasteiger partial charge is 0.324 e. The molecule has 1 fully saturated rings. The van der Waals surface area contributed by atoms with E-state index in [1.165, 1.54) is 17.6 Å². The Bertz CT molecular complexity index is 405. The third-order valence-electron chi connectivity index (χ3n) is 5.44. The van der Waals surface area contributed by atoms with Gasteiger partial charge >= 0.3 is 0 Å². The first kappa shape index (κ1) is 18.5. The van der Waals surface area contributed by atoms with Gasteiger partial charge in [-0.2, -0.15) is 0 Å². The van der Waals surface area contributed by atoms with Crippen molar-refractivity contribution in [2.75, 3.05) is 0 Å². The van der Waals surface area contributed by atoms with Crippen molar-refractivity contribution in [1.82, 2.24) is 0 Å². The summed E-state index contributed by atoms with van der Waals surface area (Å²) in [5.41, 5.74) is 9.40. The van der Waals surface area contributed by atoms with Gasteiger partial charge in [-0.1, -0.05) is 72.8 Å². The Morgan fingerprint density at radius 1 is 1.10 bits per heavy atom. The van der Waals surface area contributed by atoms with Gasteiger partial charge in [0.05, 0.1) is 0 Å². The zero-order valence-electron chi connectivity index (χ0n) is 15.6. The van der Waals surface area contributed by atoms with Crippen LogP contribution in [0, 0.1) is 34.5 Å². The van der Waals surface area contributed by atoms with Crippen LogP contribution >= 0.6 is 0 Å². The molecule has 0 spiro atoms. The molecule has 0 heterocycles. The van der Waals surface area contributed by atoms with E-state index in [0.29, 0.717) is 29.1 Å². The quantitative estimate of drug-likeness (QED) is 0.690. The molecule has 1 rings (SSSR count). The molecule has 21 heavy (non-hydrogen) atoms. The van der Waals surface area contributed by atoms with Crippen LogP contribution in [0.5, 0.6) is 0 Å². The first-order valence-corrected chi connectivity index (χ1v) is 8.38. The maximum absolute atomic E-state index is 6.51. The fourth-order valence-electron chi connectivity index (χ4n) is 4.51. The zero-order valence-corrected chi connectivity index (χ0v) is 15.6. The summed E-state index contributed by atoms with van der Waals surface area (Å²) in [6, 6.07) is 0.0512. The van der Waals surface area contributed by atoms with E-state index >= 15 is 0 Å². The molecule has 1 aliphatic carbocycles. The molecule has 1 heteroatoms. The van der Waals surface area contributed by atoms with Gasteiger partial charge in [-0.25, -0.2) is 0 Å². The molecule has 2 N–H and O–H groups in total. The summed E-state index contributed by atoms with van der Waals surface area (Å²) < 4.78 is 0. The summed E-state index contributed by atoms with van der Waals surface area (Å²) in [4.78, 5) is 0. The molecule has 1 aliphatic rings. The fraction of sp³-hybridized carbons (Fsp3) is 0.800. The third-order valence-corrected chi connectivity index (χ3v) is 5.44. The number of allylic oxidation sites excluding steroid dienone is 1. The van der Waals surface area contributed by atoms with Crippen molar-refractivity contribution in [3.05, 3.63) is 24.3 Å². The minimum atomic E-state index is 0.0512. The fourth-order valence-corrected chi connectivity index (χ4v) is 4.51. The van der Waals surface area contributed by atoms with Crippen molar-refractivity contribution >= 4 is 0 Å². The SMILES string of the molecule is C=C(C)C1C(C(=C)C(N)C(C)(C)C)CC(C)C1C(C)(C)C. The van der Waals surface area contributed by atoms with Crippen LogP contribution in [0.1, 0.15) is 61.8 Å². The Morgan fingerprint density at radius 2 is 1.57 bits per heavy atom. The molecule has 1 nitrogen and oxygen atoms in total. The van der Waals surface area contributed by atoms with Gasteiger partial charge in [0, 0.05) is 6.04 Å². The lowest BCUT2D eigenvalue weighted by molar-refractivity contribution is 0.154. The minimum absolute atomic E-state index is 0.0512. The van der Waals surface area contributed by atoms with E-state index in [-0.39, 0.29) is 11.5 Å². The van der Waals surface area contributed by atoms with Crippen molar-refractivity contribution in [2.45, 2.75) is 67.9 Å². The normalized spacial score (nSPS) is 32.0. The lowest BCUT2D eigenvalue weighted by Crippen LogP contribution is -2.40. The highest BCUT2D eigenvalue weighted by Gasteiger charge is 2.48. The number of rotatable bonds is 3. The Labute approximate surface area is 133 Å². The summed E-state index contributed by atoms with van der Waals surface area (Å²) in [6.07, 6.45) is 1.20. The van der Waals surface area contributed by atoms with Gasteiger partial charge < -0.3 is 5.73 Å². The van der Waals surface area contributed by atoms with E-state index in [2.05, 4.69) is 68.5 Å². The van der Waals surface area contributed by atoms with E-state index in [0.717, 1.165) is 0 Å². The highest BCUT2D eigenvalue weighted by Crippen LogP contribution is 2.55. The number of hydrogen-bond acceptors (Lipinski definition) is 1. The smallest absolute Gasteiger partial charge is 0.0303 e. The first-order chi connectivity index (χ1) is 9.28. The summed E-state index contributed by atoms with van der Waals surface area (Å²) in [6.45, 7) is 27.0. The minimum Gasteiger partial charge on any atom is -0.324 e. The van der Waals surface area contributed by atoms with Crippen molar-refractivity contribution in [3.8, 4) is 0 Å². The van der Waals surface area contributed by atoms with Gasteiger partial charge in [-0.05, 0) is 47.8 Å². The van der Waals surface area contributed by atoms with Gasteiger partial charge in [0.25, 0.3) is 0 Å². The molecule has 1 saturated carbocycles. The molecule has 0 aromatic rings. The molecule has 0 amide bonds. The highest BCUT2D eigenvalue weighted by molar-refractivity contribution is 5.22. The van der Waals surface area contributed by atoms with E-state index in [1.54, 1.807) is 0 Å². The molecule has 5 unspecified atom stereocenters. The molecule has 0 aromatic carbocycles. The second-order valence-electron chi connectivity index (χ2n) is 9.50. The second-order valence-corrected chi connectivity index (χ2v) is 9.50. The molecule has 0 bridgehead atoms. The molecular formula is C20H37N. The number of hydrogen-bond donors (Lipinski definition) is 1. The maximum Gasteiger partial charge on any atom is 0.0303 e. The molecule has 0 radical (unpaired) electrons. The summed E-state index contributed by atoms with van der Waals surface area (Å²) in [5, 5.41) is 0. The molecule has 0 aliphatic heterocycles. The monoisotopic (exact) mass is 291 g/mol. The first-order valence-electron chi connectivity index (χ1n) is 8.38. The van der Waals surface area contributed by atoms with E-state index in [1.807, 2.05) is 0 Å². The van der Waals surface area contributed by atoms with Crippen molar-refractivity contribution in [1.29, 1.82) is 0 Å². The maximum atomic E-state index is 6.51. The Hall–Kier alpha value is -0.560. The Morgan fingerprint density at radius 3 is 1.90 bits per heavy atom. The van der Waals surface area contributed by atoms with E-state index < -0.39 is 0 Å². The molecule has 0 aromatic heterocycles. The average Bonchev–Trinajstić information content (AvgIpc) is 2.63. The van der Waals surface area contributed by atoms with Crippen LogP contribution in [0.15, 0.2) is 24.3 Å². The summed E-state index contributed by atoms with van der Waals surface area (Å²) in [7, 11) is 0. The van der Waals surface area contributed by atoms with Gasteiger partial charge in [0.1, 0.15) is 0 Å². The summed E-state index contributed by atoms with van der Waals surface area (Å²) in [5.74, 6) is 2.35. The zero-order chi connectivity index (χ0) is 16.7. The van der Waals surface area contributed by atoms with Crippen molar-refractivity contribution in [3.63, 3.8) is 0 Å². The van der Waals surface area contributed by atoms with Crippen LogP contribution in [-0.2, 0) is 0 Å². The lowest BCUT2D eigenvalue weighted by atomic mass is 9.67. The van der Waals surface area contributed by atoms with Crippen LogP contribution in [0.3, 0.4) is 0 Å². The van der Waals surface area contributed by atoms with Gasteiger partial charge in [0.2, 0.25) is 0 Å². The van der Waals surface area contributed by atoms with Crippen LogP contribution in [0.2, 0.25) is 0 Å². The van der Waals surface area contributed by atoms with Gasteiger partial charge in [0.15, 0.2) is 0 Å². The van der Waals surface area contributed by atoms with Crippen LogP contribution in [0.4, 0.5) is 0 Å². The van der Waals surface area contributed by atoms with Gasteiger partial charge in [-0.15, -0.1) is 0 Å². The summed E-state index contributed by atoms with van der Waals surface area (Å²) >= 11 is 0. The topological polar surface area (TPSA) is 26.0 Å². The molecule has 122 valence electrons. The van der Waals surface area contributed by atoms with Crippen LogP contribution in [0.25, 0.3) is 0 Å². The molecular weight excluding hydrogens is 254 g/mol. The Balaban J connectivity index is 3.14. The predicted molar refractivity (Wildman–Crippen MR) is 95.1 cm³/mol. The number of nitrogens with two attached hydrogens (primary N) is 1. The average molecular weight is 292 g/mol. The van der Waals surface area contributed by atoms with Crippen molar-refractivity contribution in [2.24, 2.45) is 40.2 Å². The van der Waals surface area contributed by atoms with Crippen molar-refractivity contribution < 1.29 is 0 Å². The van der Waals surface area contributed by atoms with E-state index in [4.69, 9.17) is 5.73 Å². The van der Waals surface area contributed by atoms with Crippen LogP contribution < -0.4 is 5.73 Å². The second kappa shape index (κ2) is 5.91. The molecule has 0 saturated heterocycles. The highest BCUT2D eigenvalue weighted by atomic mass is 14.7. The standard InChI is InChI=1S/C20H37N/c1-12(2)16-15(14(4)18(21)20(8,9)10)11-13(3)17(16)19(5,6)7/h13,15-18H,1,4,11,21H2,2-3,5-10H3. The third kappa shape index (κ3) is 3.80. The van der Waals surface area contributed by atoms with Crippen LogP contribution in [-0.4, -0.2) is 6.04 Å². The van der Waals surface area contributed by atoms with E-state index in [9.17, 15) is 0 Å². The molecule has 5 atom stereocenters.